The van der Waals surface area contributed by atoms with Gasteiger partial charge in [-0.25, -0.2) is 64.9 Å². The second kappa shape index (κ2) is 21.9. The standard InChI is InChI=1S/3C10H8O10S2.2Bi/c3*1-5-2-10(11)18-7-4-9(20-22(15,16)17)8(3-6(5)7)19-21(12,13)14;;/h3*2-4H,1H3,(H,12,13,14)(H,15,16,17);;/q;;;2*+3/p-6. The Labute approximate surface area is 418 Å². The molecular weight excluding hydrogens is 1450 g/mol. The largest absolute Gasteiger partial charge is 3.00 e. The van der Waals surface area contributed by atoms with E-state index in [-0.39, 0.29) is 85.3 Å². The van der Waals surface area contributed by atoms with Gasteiger partial charge < -0.3 is 65.7 Å². The summed E-state index contributed by atoms with van der Waals surface area (Å²) in [6.07, 6.45) is 0. The van der Waals surface area contributed by atoms with Crippen molar-refractivity contribution in [2.45, 2.75) is 20.8 Å². The van der Waals surface area contributed by atoms with Crippen LogP contribution in [0, 0.1) is 20.8 Å². The molecule has 30 nitrogen and oxygen atoms in total. The molecule has 38 heteroatoms. The first-order chi connectivity index (χ1) is 29.8. The summed E-state index contributed by atoms with van der Waals surface area (Å²) in [7, 11) is -31.7. The van der Waals surface area contributed by atoms with E-state index in [2.05, 4.69) is 25.1 Å². The first-order valence-electron chi connectivity index (χ1n) is 16.0. The van der Waals surface area contributed by atoms with Crippen molar-refractivity contribution in [2.75, 3.05) is 0 Å². The number of hydrogen-bond donors (Lipinski definition) is 0. The van der Waals surface area contributed by atoms with Crippen LogP contribution in [0.15, 0.2) is 82.2 Å². The van der Waals surface area contributed by atoms with Gasteiger partial charge in [-0.3, -0.25) is 0 Å². The molecular formula is C30H18Bi2O30S6. The number of hydrogen-bond acceptors (Lipinski definition) is 30. The Balaban J connectivity index is 0.000000345. The van der Waals surface area contributed by atoms with Crippen molar-refractivity contribution >= 4 is 148 Å². The fourth-order valence-corrected chi connectivity index (χ4v) is 7.13. The Kier molecular flexibility index (Phi) is 19.2. The van der Waals surface area contributed by atoms with Crippen LogP contribution in [0.1, 0.15) is 16.7 Å². The molecule has 0 spiro atoms. The van der Waals surface area contributed by atoms with Crippen LogP contribution in [0.3, 0.4) is 0 Å². The van der Waals surface area contributed by atoms with Crippen molar-refractivity contribution in [3.05, 3.63) is 103 Å². The zero-order valence-electron chi connectivity index (χ0n) is 32.8. The van der Waals surface area contributed by atoms with Gasteiger partial charge >= 0.3 is 69.3 Å². The van der Waals surface area contributed by atoms with Crippen LogP contribution in [-0.2, 0) is 62.4 Å². The maximum absolute atomic E-state index is 11.2. The summed E-state index contributed by atoms with van der Waals surface area (Å²) in [6.45, 7) is 4.42. The van der Waals surface area contributed by atoms with Crippen molar-refractivity contribution in [1.29, 1.82) is 0 Å². The molecule has 6 aromatic rings. The van der Waals surface area contributed by atoms with Gasteiger partial charge in [-0.1, -0.05) is 0 Å². The second-order valence-corrected chi connectivity index (χ2v) is 18.0. The normalized spacial score (nSPS) is 12.0. The number of fused-ring (bicyclic) bond motifs is 3. The molecule has 68 heavy (non-hydrogen) atoms. The van der Waals surface area contributed by atoms with E-state index in [1.54, 1.807) is 0 Å². The number of aryl methyl sites for hydroxylation is 3. The molecule has 3 aromatic carbocycles. The quantitative estimate of drug-likeness (QED) is 0.0587. The third kappa shape index (κ3) is 18.7. The van der Waals surface area contributed by atoms with E-state index in [0.717, 1.165) is 54.6 Å². The van der Waals surface area contributed by atoms with Gasteiger partial charge in [-0.15, -0.1) is 0 Å². The van der Waals surface area contributed by atoms with E-state index in [9.17, 15) is 92.2 Å². The molecule has 0 amide bonds. The zero-order chi connectivity index (χ0) is 50.1. The van der Waals surface area contributed by atoms with E-state index in [1.165, 1.54) is 20.8 Å². The molecule has 0 fully saturated rings. The molecule has 0 saturated heterocycles. The van der Waals surface area contributed by atoms with Crippen LogP contribution in [0.2, 0.25) is 0 Å². The van der Waals surface area contributed by atoms with E-state index in [4.69, 9.17) is 13.3 Å². The Morgan fingerprint density at radius 1 is 0.324 bits per heavy atom. The molecule has 0 aliphatic rings. The Hall–Kier alpha value is -4.68. The predicted molar refractivity (Wildman–Crippen MR) is 215 cm³/mol. The fourth-order valence-electron chi connectivity index (χ4n) is 5.03. The van der Waals surface area contributed by atoms with Gasteiger partial charge in [-0.2, -0.15) is 0 Å². The molecule has 0 N–H and O–H groups in total. The van der Waals surface area contributed by atoms with Gasteiger partial charge in [0.1, 0.15) is 16.7 Å². The SMILES string of the molecule is Cc1cc(=O)oc2cc(OS(=O)(=O)[O-])c(OS(=O)(=O)[O-])cc12.Cc1cc(=O)oc2cc(OS(=O)(=O)[O-])c(OS(=O)(=O)[O-])cc12.Cc1cc(=O)oc2cc(OS(=O)(=O)[O-])c(OS(=O)(=O)[O-])cc12.[Bi+3].[Bi+3]. The van der Waals surface area contributed by atoms with Crippen molar-refractivity contribution in [1.82, 2.24) is 0 Å². The first-order valence-corrected chi connectivity index (χ1v) is 24.0. The summed E-state index contributed by atoms with van der Waals surface area (Å²) >= 11 is 0. The molecule has 0 aliphatic carbocycles. The average Bonchev–Trinajstić information content (AvgIpc) is 3.07. The second-order valence-electron chi connectivity index (χ2n) is 12.1. The summed E-state index contributed by atoms with van der Waals surface area (Å²) < 4.78 is 230. The molecule has 0 saturated carbocycles. The van der Waals surface area contributed by atoms with Crippen molar-refractivity contribution < 1.29 is 116 Å². The van der Waals surface area contributed by atoms with Crippen LogP contribution in [-0.4, -0.2) is 130 Å². The first kappa shape index (κ1) is 59.4. The maximum atomic E-state index is 11.2. The van der Waals surface area contributed by atoms with E-state index >= 15 is 0 Å². The summed E-state index contributed by atoms with van der Waals surface area (Å²) in [5.74, 6) is -5.22. The van der Waals surface area contributed by atoms with Gasteiger partial charge in [0.2, 0.25) is 0 Å². The van der Waals surface area contributed by atoms with Gasteiger partial charge in [0.15, 0.2) is 34.5 Å². The van der Waals surface area contributed by atoms with Gasteiger partial charge in [0, 0.05) is 52.6 Å². The molecule has 0 bridgehead atoms. The number of rotatable bonds is 12. The third-order valence-electron chi connectivity index (χ3n) is 7.20. The minimum atomic E-state index is -5.29. The molecule has 0 aliphatic heterocycles. The average molecular weight is 1470 g/mol. The smallest absolute Gasteiger partial charge is 0.716 e. The van der Waals surface area contributed by atoms with Gasteiger partial charge in [-0.05, 0) is 55.7 Å². The Morgan fingerprint density at radius 2 is 0.485 bits per heavy atom. The van der Waals surface area contributed by atoms with Crippen LogP contribution >= 0.6 is 0 Å². The van der Waals surface area contributed by atoms with Crippen molar-refractivity contribution in [3.8, 4) is 34.5 Å². The zero-order valence-corrected chi connectivity index (χ0v) is 44.6. The summed E-state index contributed by atoms with van der Waals surface area (Å²) in [4.78, 5) is 33.7. The summed E-state index contributed by atoms with van der Waals surface area (Å²) in [6, 6.07) is 8.14. The van der Waals surface area contributed by atoms with Crippen LogP contribution < -0.4 is 42.0 Å². The fraction of sp³-hybridized carbons (Fsp3) is 0.100. The van der Waals surface area contributed by atoms with Crippen molar-refractivity contribution in [2.24, 2.45) is 0 Å². The maximum Gasteiger partial charge on any atom is 3.00 e. The van der Waals surface area contributed by atoms with Crippen LogP contribution in [0.25, 0.3) is 32.9 Å². The third-order valence-corrected chi connectivity index (χ3v) is 9.50. The molecule has 0 atom stereocenters. The van der Waals surface area contributed by atoms with Gasteiger partial charge in [0.25, 0.3) is 62.4 Å². The Bertz CT molecular complexity index is 3410. The summed E-state index contributed by atoms with van der Waals surface area (Å²) in [5, 5.41) is 0.441. The Morgan fingerprint density at radius 3 is 0.647 bits per heavy atom. The summed E-state index contributed by atoms with van der Waals surface area (Å²) in [5.41, 5.74) is -1.91. The molecule has 0 unspecified atom stereocenters. The van der Waals surface area contributed by atoms with E-state index < -0.39 is 114 Å². The number of benzene rings is 3. The van der Waals surface area contributed by atoms with E-state index in [1.807, 2.05) is 0 Å². The topological polar surface area (TPSA) is 489 Å². The molecule has 4 radical (unpaired) electrons. The predicted octanol–water partition coefficient (Wildman–Crippen LogP) is -1.42. The minimum absolute atomic E-state index is 0. The minimum Gasteiger partial charge on any atom is -0.716 e. The van der Waals surface area contributed by atoms with Crippen molar-refractivity contribution in [3.63, 3.8) is 0 Å². The van der Waals surface area contributed by atoms with Crippen LogP contribution in [0.4, 0.5) is 0 Å². The van der Waals surface area contributed by atoms with Crippen LogP contribution in [0.5, 0.6) is 34.5 Å². The molecule has 3 heterocycles. The van der Waals surface area contributed by atoms with Gasteiger partial charge in [0.05, 0.1) is 0 Å². The van der Waals surface area contributed by atoms with E-state index in [0.29, 0.717) is 16.7 Å². The monoisotopic (exact) mass is 1470 g/mol. The molecule has 3 aromatic heterocycles. The molecule has 6 rings (SSSR count). The molecule has 364 valence electrons.